The highest BCUT2D eigenvalue weighted by molar-refractivity contribution is 7.21. The fraction of sp³-hybridized carbons (Fsp3) is 0.394. The first-order valence-electron chi connectivity index (χ1n) is 13.8. The number of carboxylic acids is 2. The van der Waals surface area contributed by atoms with Crippen molar-refractivity contribution in [3.05, 3.63) is 62.8 Å². The summed E-state index contributed by atoms with van der Waals surface area (Å²) in [6, 6.07) is 11.8. The minimum atomic E-state index is -1.12. The van der Waals surface area contributed by atoms with E-state index in [-0.39, 0.29) is 24.4 Å². The van der Waals surface area contributed by atoms with Crippen molar-refractivity contribution >= 4 is 66.4 Å². The van der Waals surface area contributed by atoms with Crippen LogP contribution in [0, 0.1) is 24.7 Å². The van der Waals surface area contributed by atoms with Gasteiger partial charge in [0.15, 0.2) is 11.6 Å². The molecule has 0 aliphatic heterocycles. The predicted molar refractivity (Wildman–Crippen MR) is 168 cm³/mol. The molecule has 4 aromatic rings. The monoisotopic (exact) mass is 608 g/mol. The number of hydrogen-bond donors (Lipinski definition) is 2. The maximum atomic E-state index is 12.8. The van der Waals surface area contributed by atoms with Gasteiger partial charge in [0, 0.05) is 22.2 Å². The normalized spacial score (nSPS) is 12.1. The van der Waals surface area contributed by atoms with E-state index in [0.29, 0.717) is 16.4 Å². The molecule has 0 radical (unpaired) electrons. The summed E-state index contributed by atoms with van der Waals surface area (Å²) in [5, 5.41) is 20.6. The number of Topliss-reactive ketones (excluding diaryl/α,β-unsaturated/α-hetero) is 2. The number of carboxylic acid groups (broad SMARTS) is 2. The van der Waals surface area contributed by atoms with Crippen molar-refractivity contribution in [3.63, 3.8) is 0 Å². The van der Waals surface area contributed by atoms with E-state index in [1.807, 2.05) is 31.2 Å². The Labute approximate surface area is 253 Å². The zero-order valence-electron chi connectivity index (χ0n) is 24.8. The van der Waals surface area contributed by atoms with E-state index in [1.54, 1.807) is 27.7 Å². The molecule has 222 valence electrons. The van der Waals surface area contributed by atoms with Gasteiger partial charge >= 0.3 is 11.9 Å². The largest absolute Gasteiger partial charge is 0.493 e. The summed E-state index contributed by atoms with van der Waals surface area (Å²) in [7, 11) is 0. The third-order valence-corrected chi connectivity index (χ3v) is 9.83. The van der Waals surface area contributed by atoms with E-state index in [1.165, 1.54) is 28.2 Å². The van der Waals surface area contributed by atoms with Crippen LogP contribution in [-0.2, 0) is 16.0 Å². The summed E-state index contributed by atoms with van der Waals surface area (Å²) in [6.45, 7) is 10.8. The molecule has 0 saturated heterocycles. The lowest BCUT2D eigenvalue weighted by Crippen LogP contribution is -2.26. The Hall–Kier alpha value is -3.56. The number of carbonyl (C=O) groups is 4. The van der Waals surface area contributed by atoms with E-state index in [9.17, 15) is 29.4 Å². The van der Waals surface area contributed by atoms with Crippen LogP contribution in [-0.4, -0.2) is 40.3 Å². The summed E-state index contributed by atoms with van der Waals surface area (Å²) in [5.74, 6) is -1.56. The Morgan fingerprint density at radius 1 is 0.714 bits per heavy atom. The molecule has 0 bridgehead atoms. The number of hydrogen-bond acceptors (Lipinski definition) is 7. The Morgan fingerprint density at radius 3 is 1.69 bits per heavy atom. The van der Waals surface area contributed by atoms with Crippen molar-refractivity contribution in [1.82, 2.24) is 0 Å². The number of carbonyl (C=O) groups excluding carboxylic acids is 2. The van der Waals surface area contributed by atoms with Crippen LogP contribution in [0.15, 0.2) is 36.4 Å². The van der Waals surface area contributed by atoms with Gasteiger partial charge in [0.2, 0.25) is 0 Å². The van der Waals surface area contributed by atoms with Gasteiger partial charge in [0.25, 0.3) is 0 Å². The maximum Gasteiger partial charge on any atom is 0.309 e. The topological polar surface area (TPSA) is 118 Å². The number of aryl methyl sites for hydroxylation is 3. The summed E-state index contributed by atoms with van der Waals surface area (Å²) in [4.78, 5) is 49.5. The van der Waals surface area contributed by atoms with E-state index < -0.39 is 22.8 Å². The minimum Gasteiger partial charge on any atom is -0.493 e. The fourth-order valence-corrected chi connectivity index (χ4v) is 6.84. The van der Waals surface area contributed by atoms with E-state index in [2.05, 4.69) is 19.1 Å². The van der Waals surface area contributed by atoms with Gasteiger partial charge in [-0.2, -0.15) is 0 Å². The second kappa shape index (κ2) is 12.0. The molecule has 0 aliphatic carbocycles. The third kappa shape index (κ3) is 6.90. The van der Waals surface area contributed by atoms with Crippen molar-refractivity contribution < 1.29 is 34.1 Å². The van der Waals surface area contributed by atoms with Gasteiger partial charge < -0.3 is 14.9 Å². The number of benzene rings is 2. The molecule has 0 aliphatic rings. The number of thiophene rings is 2. The van der Waals surface area contributed by atoms with Gasteiger partial charge in [-0.05, 0) is 112 Å². The summed E-state index contributed by atoms with van der Waals surface area (Å²) >= 11 is 2.77. The molecule has 0 spiro atoms. The summed E-state index contributed by atoms with van der Waals surface area (Å²) in [5.41, 5.74) is 1.04. The smallest absolute Gasteiger partial charge is 0.309 e. The van der Waals surface area contributed by atoms with Crippen molar-refractivity contribution in [2.24, 2.45) is 10.8 Å². The third-order valence-electron chi connectivity index (χ3n) is 7.55. The molecule has 9 heteroatoms. The Kier molecular flexibility index (Phi) is 8.94. The number of ketones is 2. The highest BCUT2D eigenvalue weighted by Crippen LogP contribution is 2.35. The number of fused-ring (bicyclic) bond motifs is 2. The molecule has 2 aromatic heterocycles. The van der Waals surface area contributed by atoms with Gasteiger partial charge in [0.05, 0.1) is 27.2 Å². The molecule has 4 rings (SSSR count). The van der Waals surface area contributed by atoms with Crippen molar-refractivity contribution in [2.75, 3.05) is 6.61 Å². The molecule has 2 heterocycles. The van der Waals surface area contributed by atoms with Gasteiger partial charge in [-0.25, -0.2) is 0 Å². The molecule has 7 nitrogen and oxygen atoms in total. The second-order valence-corrected chi connectivity index (χ2v) is 14.4. The van der Waals surface area contributed by atoms with Gasteiger partial charge in [-0.15, -0.1) is 22.7 Å². The highest BCUT2D eigenvalue weighted by atomic mass is 32.1. The Morgan fingerprint density at radius 2 is 1.19 bits per heavy atom. The molecule has 0 amide bonds. The zero-order chi connectivity index (χ0) is 31.0. The van der Waals surface area contributed by atoms with Crippen LogP contribution < -0.4 is 4.74 Å². The van der Waals surface area contributed by atoms with Crippen LogP contribution in [0.5, 0.6) is 5.75 Å². The van der Waals surface area contributed by atoms with Crippen LogP contribution in [0.4, 0.5) is 0 Å². The highest BCUT2D eigenvalue weighted by Gasteiger charge is 2.32. The standard InChI is InChI=1S/C33H36O7S2/c1-18-10-26-21(14-28(41-26)23(34)16-32(3,4)30(36)37)12-20(18)8-7-9-40-25-13-22-15-29(42-27(22)11-19(25)2)24(35)17-33(5,6)31(38)39/h10-15H,7-9,16-17H2,1-6H3,(H,36,37)(H,38,39). The van der Waals surface area contributed by atoms with Gasteiger partial charge in [0.1, 0.15) is 5.75 Å². The van der Waals surface area contributed by atoms with Gasteiger partial charge in [-0.1, -0.05) is 6.07 Å². The average Bonchev–Trinajstić information content (AvgIpc) is 3.49. The Bertz CT molecular complexity index is 1580. The van der Waals surface area contributed by atoms with E-state index in [0.717, 1.165) is 49.9 Å². The molecule has 0 atom stereocenters. The number of ether oxygens (including phenoxy) is 1. The minimum absolute atomic E-state index is 0.0462. The van der Waals surface area contributed by atoms with Crippen LogP contribution in [0.2, 0.25) is 0 Å². The molecule has 0 fully saturated rings. The molecule has 0 unspecified atom stereocenters. The van der Waals surface area contributed by atoms with Crippen LogP contribution in [0.3, 0.4) is 0 Å². The van der Waals surface area contributed by atoms with Gasteiger partial charge in [-0.3, -0.25) is 19.2 Å². The zero-order valence-corrected chi connectivity index (χ0v) is 26.4. The molecule has 2 aromatic carbocycles. The van der Waals surface area contributed by atoms with Crippen LogP contribution in [0.25, 0.3) is 20.2 Å². The molecular formula is C33H36O7S2. The first kappa shape index (κ1) is 31.4. The fourth-order valence-electron chi connectivity index (χ4n) is 4.68. The lowest BCUT2D eigenvalue weighted by atomic mass is 9.87. The number of aliphatic carboxylic acids is 2. The van der Waals surface area contributed by atoms with Crippen molar-refractivity contribution in [3.8, 4) is 5.75 Å². The summed E-state index contributed by atoms with van der Waals surface area (Å²) < 4.78 is 8.09. The first-order chi connectivity index (χ1) is 19.6. The van der Waals surface area contributed by atoms with Crippen molar-refractivity contribution in [2.45, 2.75) is 67.2 Å². The van der Waals surface area contributed by atoms with Crippen LogP contribution >= 0.6 is 22.7 Å². The van der Waals surface area contributed by atoms with E-state index >= 15 is 0 Å². The lowest BCUT2D eigenvalue weighted by molar-refractivity contribution is -0.147. The summed E-state index contributed by atoms with van der Waals surface area (Å²) in [6.07, 6.45) is 1.47. The lowest BCUT2D eigenvalue weighted by Gasteiger charge is -2.16. The van der Waals surface area contributed by atoms with E-state index in [4.69, 9.17) is 4.74 Å². The van der Waals surface area contributed by atoms with Crippen LogP contribution in [0.1, 0.15) is 83.0 Å². The van der Waals surface area contributed by atoms with Crippen molar-refractivity contribution in [1.29, 1.82) is 0 Å². The SMILES string of the molecule is Cc1cc2sc(C(=O)CC(C)(C)C(=O)O)cc2cc1CCCOc1cc2cc(C(=O)CC(C)(C)C(=O)O)sc2cc1C. The molecular weight excluding hydrogens is 572 g/mol. The molecule has 42 heavy (non-hydrogen) atoms. The second-order valence-electron chi connectivity index (χ2n) is 12.2. The quantitative estimate of drug-likeness (QED) is 0.116. The predicted octanol–water partition coefficient (Wildman–Crippen LogP) is 8.11. The first-order valence-corrected chi connectivity index (χ1v) is 15.4. The Balaban J connectivity index is 1.40. The maximum absolute atomic E-state index is 12.8. The molecule has 2 N–H and O–H groups in total. The number of rotatable bonds is 13. The average molecular weight is 609 g/mol. The molecule has 0 saturated carbocycles.